The number of rotatable bonds is 6. The highest BCUT2D eigenvalue weighted by molar-refractivity contribution is 7.18. The summed E-state index contributed by atoms with van der Waals surface area (Å²) in [5.41, 5.74) is 0.855. The maximum atomic E-state index is 12.1. The summed E-state index contributed by atoms with van der Waals surface area (Å²) in [7, 11) is 1.59. The fourth-order valence-electron chi connectivity index (χ4n) is 1.81. The van der Waals surface area contributed by atoms with Crippen LogP contribution >= 0.6 is 11.3 Å². The van der Waals surface area contributed by atoms with Crippen molar-refractivity contribution >= 4 is 28.3 Å². The molecule has 0 saturated carbocycles. The van der Waals surface area contributed by atoms with Crippen molar-refractivity contribution in [3.8, 4) is 16.3 Å². The quantitative estimate of drug-likeness (QED) is 0.835. The lowest BCUT2D eigenvalue weighted by Gasteiger charge is -2.14. The number of methoxy groups -OCH3 is 1. The van der Waals surface area contributed by atoms with Gasteiger partial charge in [-0.2, -0.15) is 0 Å². The van der Waals surface area contributed by atoms with E-state index < -0.39 is 6.04 Å². The Labute approximate surface area is 144 Å². The number of hydrogen-bond acceptors (Lipinski definition) is 6. The summed E-state index contributed by atoms with van der Waals surface area (Å²) in [6.45, 7) is 5.16. The van der Waals surface area contributed by atoms with Crippen LogP contribution < -0.4 is 15.4 Å². The Kier molecular flexibility index (Phi) is 5.86. The molecule has 1 heterocycles. The SMILES string of the molecule is COc1cccc(-c2nnc(NC(=O)C(C)NC(=O)C(C)C)s2)c1. The summed E-state index contributed by atoms with van der Waals surface area (Å²) in [5, 5.41) is 14.4. The van der Waals surface area contributed by atoms with Gasteiger partial charge in [0.25, 0.3) is 0 Å². The number of benzene rings is 1. The molecule has 0 saturated heterocycles. The molecule has 1 atom stereocenters. The highest BCUT2D eigenvalue weighted by atomic mass is 32.1. The molecule has 128 valence electrons. The molecule has 2 rings (SSSR count). The maximum absolute atomic E-state index is 12.1. The van der Waals surface area contributed by atoms with Gasteiger partial charge in [-0.25, -0.2) is 0 Å². The molecule has 2 aromatic rings. The standard InChI is InChI=1S/C16H20N4O3S/c1-9(2)13(21)17-10(3)14(22)18-16-20-19-15(24-16)11-6-5-7-12(8-11)23-4/h5-10H,1-4H3,(H,17,21)(H,18,20,22). The number of nitrogens with zero attached hydrogens (tertiary/aromatic N) is 2. The van der Waals surface area contributed by atoms with Crippen LogP contribution in [-0.4, -0.2) is 35.2 Å². The predicted octanol–water partition coefficient (Wildman–Crippen LogP) is 2.31. The Morgan fingerprint density at radius 3 is 2.58 bits per heavy atom. The molecule has 24 heavy (non-hydrogen) atoms. The summed E-state index contributed by atoms with van der Waals surface area (Å²) in [6, 6.07) is 6.78. The second kappa shape index (κ2) is 7.87. The maximum Gasteiger partial charge on any atom is 0.248 e. The number of carbonyl (C=O) groups is 2. The highest BCUT2D eigenvalue weighted by Crippen LogP contribution is 2.28. The van der Waals surface area contributed by atoms with Crippen molar-refractivity contribution in [2.45, 2.75) is 26.8 Å². The van der Waals surface area contributed by atoms with E-state index in [0.29, 0.717) is 10.1 Å². The lowest BCUT2D eigenvalue weighted by Crippen LogP contribution is -2.43. The number of nitrogens with one attached hydrogen (secondary N) is 2. The highest BCUT2D eigenvalue weighted by Gasteiger charge is 2.19. The predicted molar refractivity (Wildman–Crippen MR) is 93.0 cm³/mol. The number of carbonyl (C=O) groups excluding carboxylic acids is 2. The minimum atomic E-state index is -0.649. The van der Waals surface area contributed by atoms with Crippen LogP contribution in [0.25, 0.3) is 10.6 Å². The smallest absolute Gasteiger partial charge is 0.248 e. The normalized spacial score (nSPS) is 11.9. The zero-order chi connectivity index (χ0) is 17.7. The Balaban J connectivity index is 2.02. The number of anilines is 1. The summed E-state index contributed by atoms with van der Waals surface area (Å²) < 4.78 is 5.18. The Hall–Kier alpha value is -2.48. The molecule has 0 bridgehead atoms. The Bertz CT molecular complexity index is 730. The molecule has 1 unspecified atom stereocenters. The molecule has 8 heteroatoms. The molecule has 7 nitrogen and oxygen atoms in total. The summed E-state index contributed by atoms with van der Waals surface area (Å²) in [5.74, 6) is 0.0316. The first kappa shape index (κ1) is 17.9. The van der Waals surface area contributed by atoms with Gasteiger partial charge < -0.3 is 10.1 Å². The van der Waals surface area contributed by atoms with Crippen molar-refractivity contribution in [1.82, 2.24) is 15.5 Å². The summed E-state index contributed by atoms with van der Waals surface area (Å²) >= 11 is 1.25. The first-order valence-corrected chi connectivity index (χ1v) is 8.31. The second-order valence-corrected chi connectivity index (χ2v) is 6.50. The zero-order valence-electron chi connectivity index (χ0n) is 14.0. The third kappa shape index (κ3) is 4.51. The van der Waals surface area contributed by atoms with E-state index in [1.54, 1.807) is 27.9 Å². The minimum absolute atomic E-state index is 0.174. The van der Waals surface area contributed by atoms with Gasteiger partial charge in [0.15, 0.2) is 0 Å². The van der Waals surface area contributed by atoms with Gasteiger partial charge >= 0.3 is 0 Å². The van der Waals surface area contributed by atoms with Crippen LogP contribution in [0.15, 0.2) is 24.3 Å². The fourth-order valence-corrected chi connectivity index (χ4v) is 2.55. The molecule has 1 aromatic carbocycles. The molecule has 0 fully saturated rings. The number of ether oxygens (including phenoxy) is 1. The summed E-state index contributed by atoms with van der Waals surface area (Å²) in [4.78, 5) is 23.7. The van der Waals surface area contributed by atoms with Crippen LogP contribution in [0.1, 0.15) is 20.8 Å². The van der Waals surface area contributed by atoms with Crippen molar-refractivity contribution in [3.05, 3.63) is 24.3 Å². The fraction of sp³-hybridized carbons (Fsp3) is 0.375. The van der Waals surface area contributed by atoms with Gasteiger partial charge in [0.05, 0.1) is 7.11 Å². The molecule has 2 amide bonds. The number of amides is 2. The lowest BCUT2D eigenvalue weighted by atomic mass is 10.2. The summed E-state index contributed by atoms with van der Waals surface area (Å²) in [6.07, 6.45) is 0. The van der Waals surface area contributed by atoms with E-state index in [0.717, 1.165) is 11.3 Å². The van der Waals surface area contributed by atoms with Crippen LogP contribution in [0.4, 0.5) is 5.13 Å². The third-order valence-electron chi connectivity index (χ3n) is 3.25. The number of aromatic nitrogens is 2. The first-order chi connectivity index (χ1) is 11.4. The van der Waals surface area contributed by atoms with Crippen LogP contribution in [0.5, 0.6) is 5.75 Å². The topological polar surface area (TPSA) is 93.2 Å². The number of hydrogen-bond donors (Lipinski definition) is 2. The van der Waals surface area contributed by atoms with E-state index in [2.05, 4.69) is 20.8 Å². The average Bonchev–Trinajstić information content (AvgIpc) is 3.03. The molecular weight excluding hydrogens is 328 g/mol. The Morgan fingerprint density at radius 2 is 1.92 bits per heavy atom. The van der Waals surface area contributed by atoms with E-state index in [4.69, 9.17) is 4.74 Å². The third-order valence-corrected chi connectivity index (χ3v) is 4.14. The molecule has 0 aliphatic rings. The van der Waals surface area contributed by atoms with Gasteiger partial charge in [-0.3, -0.25) is 14.9 Å². The minimum Gasteiger partial charge on any atom is -0.497 e. The molecule has 0 aliphatic heterocycles. The first-order valence-electron chi connectivity index (χ1n) is 7.50. The van der Waals surface area contributed by atoms with E-state index >= 15 is 0 Å². The second-order valence-electron chi connectivity index (χ2n) is 5.52. The van der Waals surface area contributed by atoms with Crippen LogP contribution in [-0.2, 0) is 9.59 Å². The van der Waals surface area contributed by atoms with E-state index in [9.17, 15) is 9.59 Å². The lowest BCUT2D eigenvalue weighted by molar-refractivity contribution is -0.128. The monoisotopic (exact) mass is 348 g/mol. The molecular formula is C16H20N4O3S. The van der Waals surface area contributed by atoms with Crippen molar-refractivity contribution in [2.75, 3.05) is 12.4 Å². The van der Waals surface area contributed by atoms with Crippen molar-refractivity contribution in [3.63, 3.8) is 0 Å². The molecule has 0 aliphatic carbocycles. The Morgan fingerprint density at radius 1 is 1.17 bits per heavy atom. The van der Waals surface area contributed by atoms with Crippen molar-refractivity contribution in [1.29, 1.82) is 0 Å². The molecule has 0 spiro atoms. The van der Waals surface area contributed by atoms with E-state index in [-0.39, 0.29) is 17.7 Å². The zero-order valence-corrected chi connectivity index (χ0v) is 14.8. The van der Waals surface area contributed by atoms with E-state index in [1.807, 2.05) is 24.3 Å². The van der Waals surface area contributed by atoms with Gasteiger partial charge in [-0.15, -0.1) is 10.2 Å². The molecule has 0 radical (unpaired) electrons. The molecule has 1 aromatic heterocycles. The average molecular weight is 348 g/mol. The van der Waals surface area contributed by atoms with Crippen LogP contribution in [0.2, 0.25) is 0 Å². The van der Waals surface area contributed by atoms with Crippen molar-refractivity contribution < 1.29 is 14.3 Å². The van der Waals surface area contributed by atoms with Crippen LogP contribution in [0.3, 0.4) is 0 Å². The van der Waals surface area contributed by atoms with Gasteiger partial charge in [0.1, 0.15) is 16.8 Å². The van der Waals surface area contributed by atoms with Gasteiger partial charge in [0, 0.05) is 11.5 Å². The van der Waals surface area contributed by atoms with Gasteiger partial charge in [-0.1, -0.05) is 37.3 Å². The van der Waals surface area contributed by atoms with Gasteiger partial charge in [-0.05, 0) is 19.1 Å². The molecule has 2 N–H and O–H groups in total. The van der Waals surface area contributed by atoms with E-state index in [1.165, 1.54) is 11.3 Å². The largest absolute Gasteiger partial charge is 0.497 e. The van der Waals surface area contributed by atoms with Crippen LogP contribution in [0, 0.1) is 5.92 Å². The van der Waals surface area contributed by atoms with Gasteiger partial charge in [0.2, 0.25) is 16.9 Å². The van der Waals surface area contributed by atoms with Crippen molar-refractivity contribution in [2.24, 2.45) is 5.92 Å².